The van der Waals surface area contributed by atoms with Crippen LogP contribution in [0, 0.1) is 5.92 Å². The summed E-state index contributed by atoms with van der Waals surface area (Å²) in [6.07, 6.45) is 3.26. The van der Waals surface area contributed by atoms with Gasteiger partial charge in [-0.25, -0.2) is 9.78 Å². The molecule has 9 nitrogen and oxygen atoms in total. The molecule has 0 spiro atoms. The van der Waals surface area contributed by atoms with E-state index in [4.69, 9.17) is 10.8 Å². The van der Waals surface area contributed by atoms with Gasteiger partial charge in [-0.3, -0.25) is 9.48 Å². The van der Waals surface area contributed by atoms with E-state index in [1.165, 1.54) is 22.2 Å². The fourth-order valence-corrected chi connectivity index (χ4v) is 4.12. The summed E-state index contributed by atoms with van der Waals surface area (Å²) in [5.41, 5.74) is 7.00. The zero-order valence-electron chi connectivity index (χ0n) is 14.4. The smallest absolute Gasteiger partial charge is 0.358 e. The third-order valence-corrected chi connectivity index (χ3v) is 5.53. The molecule has 0 saturated carbocycles. The number of carboxylic acids is 1. The summed E-state index contributed by atoms with van der Waals surface area (Å²) >= 11 is 1.40. The number of fused-ring (bicyclic) bond motifs is 1. The van der Waals surface area contributed by atoms with E-state index >= 15 is 0 Å². The van der Waals surface area contributed by atoms with Gasteiger partial charge in [-0.2, -0.15) is 0 Å². The lowest BCUT2D eigenvalue weighted by molar-refractivity contribution is 0.0658. The minimum atomic E-state index is -1.10. The highest BCUT2D eigenvalue weighted by Crippen LogP contribution is 2.26. The zero-order chi connectivity index (χ0) is 19.0. The van der Waals surface area contributed by atoms with Crippen molar-refractivity contribution >= 4 is 38.6 Å². The molecule has 3 N–H and O–H groups in total. The van der Waals surface area contributed by atoms with E-state index in [-0.39, 0.29) is 17.5 Å². The predicted octanol–water partition coefficient (Wildman–Crippen LogP) is 1.72. The Morgan fingerprint density at radius 2 is 2.22 bits per heavy atom. The van der Waals surface area contributed by atoms with E-state index in [9.17, 15) is 9.59 Å². The number of carbonyl (C=O) groups is 2. The Kier molecular flexibility index (Phi) is 4.48. The SMILES string of the molecule is Nc1nc2cc(C(=O)N3CCC[C@@H](Cn4cc(C(=O)O)nn4)C3)ccc2s1. The largest absolute Gasteiger partial charge is 0.476 e. The highest BCUT2D eigenvalue weighted by Gasteiger charge is 2.25. The van der Waals surface area contributed by atoms with Gasteiger partial charge in [0.05, 0.1) is 16.4 Å². The number of aromatic carboxylic acids is 1. The number of nitrogen functional groups attached to an aromatic ring is 1. The van der Waals surface area contributed by atoms with E-state index in [0.717, 1.165) is 23.1 Å². The van der Waals surface area contributed by atoms with Crippen LogP contribution >= 0.6 is 11.3 Å². The maximum atomic E-state index is 12.9. The molecule has 2 aromatic heterocycles. The van der Waals surface area contributed by atoms with Gasteiger partial charge in [0.2, 0.25) is 0 Å². The van der Waals surface area contributed by atoms with Crippen molar-refractivity contribution in [1.29, 1.82) is 0 Å². The first-order valence-corrected chi connectivity index (χ1v) is 9.40. The average Bonchev–Trinajstić information content (AvgIpc) is 3.26. The summed E-state index contributed by atoms with van der Waals surface area (Å²) in [4.78, 5) is 29.9. The summed E-state index contributed by atoms with van der Waals surface area (Å²) in [5, 5.41) is 16.9. The number of nitrogens with zero attached hydrogens (tertiary/aromatic N) is 5. The van der Waals surface area contributed by atoms with Crippen molar-refractivity contribution in [3.8, 4) is 0 Å². The predicted molar refractivity (Wildman–Crippen MR) is 99.6 cm³/mol. The molecule has 1 aromatic carbocycles. The molecular weight excluding hydrogens is 368 g/mol. The van der Waals surface area contributed by atoms with Crippen LogP contribution in [0.4, 0.5) is 5.13 Å². The fourth-order valence-electron chi connectivity index (χ4n) is 3.41. The molecule has 0 unspecified atom stereocenters. The van der Waals surface area contributed by atoms with Crippen molar-refractivity contribution in [3.63, 3.8) is 0 Å². The molecule has 0 aliphatic carbocycles. The van der Waals surface area contributed by atoms with Crippen LogP contribution in [-0.2, 0) is 6.54 Å². The van der Waals surface area contributed by atoms with Crippen LogP contribution < -0.4 is 5.73 Å². The Labute approximate surface area is 158 Å². The number of carbonyl (C=O) groups excluding carboxylic acids is 1. The molecule has 1 atom stereocenters. The van der Waals surface area contributed by atoms with Gasteiger partial charge in [-0.15, -0.1) is 5.10 Å². The van der Waals surface area contributed by atoms with Gasteiger partial charge in [0.15, 0.2) is 10.8 Å². The molecule has 0 bridgehead atoms. The number of rotatable bonds is 4. The van der Waals surface area contributed by atoms with Crippen molar-refractivity contribution in [3.05, 3.63) is 35.7 Å². The first kappa shape index (κ1) is 17.4. The summed E-state index contributed by atoms with van der Waals surface area (Å²) < 4.78 is 2.49. The third-order valence-electron chi connectivity index (χ3n) is 4.66. The van der Waals surface area contributed by atoms with Gasteiger partial charge in [0.1, 0.15) is 0 Å². The lowest BCUT2D eigenvalue weighted by Gasteiger charge is -2.32. The molecule has 1 saturated heterocycles. The number of aromatic nitrogens is 4. The number of hydrogen-bond donors (Lipinski definition) is 2. The van der Waals surface area contributed by atoms with Crippen molar-refractivity contribution < 1.29 is 14.7 Å². The second kappa shape index (κ2) is 6.95. The Balaban J connectivity index is 1.46. The molecule has 3 heterocycles. The summed E-state index contributed by atoms with van der Waals surface area (Å²) in [6.45, 7) is 1.83. The van der Waals surface area contributed by atoms with Crippen LogP contribution in [-0.4, -0.2) is 55.0 Å². The van der Waals surface area contributed by atoms with Gasteiger partial charge in [0.25, 0.3) is 5.91 Å². The van der Waals surface area contributed by atoms with E-state index in [1.807, 2.05) is 17.0 Å². The van der Waals surface area contributed by atoms with Crippen molar-refractivity contribution in [2.45, 2.75) is 19.4 Å². The molecule has 10 heteroatoms. The maximum Gasteiger partial charge on any atom is 0.358 e. The van der Waals surface area contributed by atoms with Crippen molar-refractivity contribution in [2.24, 2.45) is 5.92 Å². The highest BCUT2D eigenvalue weighted by atomic mass is 32.1. The lowest BCUT2D eigenvalue weighted by Crippen LogP contribution is -2.41. The van der Waals surface area contributed by atoms with Crippen LogP contribution in [0.2, 0.25) is 0 Å². The van der Waals surface area contributed by atoms with Gasteiger partial charge in [0, 0.05) is 25.2 Å². The number of amides is 1. The lowest BCUT2D eigenvalue weighted by atomic mass is 9.97. The minimum absolute atomic E-state index is 0.0296. The number of nitrogens with two attached hydrogens (primary N) is 1. The Morgan fingerprint density at radius 1 is 1.37 bits per heavy atom. The van der Waals surface area contributed by atoms with Gasteiger partial charge in [-0.1, -0.05) is 16.6 Å². The first-order chi connectivity index (χ1) is 13.0. The van der Waals surface area contributed by atoms with E-state index in [2.05, 4.69) is 15.3 Å². The molecule has 140 valence electrons. The molecule has 1 amide bonds. The Morgan fingerprint density at radius 3 is 3.00 bits per heavy atom. The molecule has 4 rings (SSSR count). The van der Waals surface area contributed by atoms with Crippen LogP contribution in [0.3, 0.4) is 0 Å². The van der Waals surface area contributed by atoms with Crippen LogP contribution in [0.1, 0.15) is 33.7 Å². The highest BCUT2D eigenvalue weighted by molar-refractivity contribution is 7.22. The average molecular weight is 386 g/mol. The van der Waals surface area contributed by atoms with Crippen LogP contribution in [0.15, 0.2) is 24.4 Å². The van der Waals surface area contributed by atoms with E-state index in [0.29, 0.717) is 30.3 Å². The van der Waals surface area contributed by atoms with Gasteiger partial charge in [-0.05, 0) is 37.0 Å². The summed E-state index contributed by atoms with van der Waals surface area (Å²) in [5.74, 6) is -0.928. The zero-order valence-corrected chi connectivity index (χ0v) is 15.2. The Bertz CT molecular complexity index is 1010. The van der Waals surface area contributed by atoms with E-state index < -0.39 is 5.97 Å². The van der Waals surface area contributed by atoms with E-state index in [1.54, 1.807) is 6.07 Å². The standard InChI is InChI=1S/C17H18N6O3S/c18-17-19-12-6-11(3-4-14(12)27-17)15(24)22-5-1-2-10(7-22)8-23-9-13(16(25)26)20-21-23/h3-4,6,9-10H,1-2,5,7-8H2,(H2,18,19)(H,25,26)/t10-/m1/s1. The van der Waals surface area contributed by atoms with Gasteiger partial charge >= 0.3 is 5.97 Å². The first-order valence-electron chi connectivity index (χ1n) is 8.58. The number of hydrogen-bond acceptors (Lipinski definition) is 7. The summed E-state index contributed by atoms with van der Waals surface area (Å²) in [7, 11) is 0. The fraction of sp³-hybridized carbons (Fsp3) is 0.353. The Hall–Kier alpha value is -3.01. The van der Waals surface area contributed by atoms with Gasteiger partial charge < -0.3 is 15.7 Å². The second-order valence-corrected chi connectivity index (χ2v) is 7.69. The summed E-state index contributed by atoms with van der Waals surface area (Å²) in [6, 6.07) is 5.47. The van der Waals surface area contributed by atoms with Crippen LogP contribution in [0.5, 0.6) is 0 Å². The molecule has 27 heavy (non-hydrogen) atoms. The number of piperidine rings is 1. The number of thiazole rings is 1. The van der Waals surface area contributed by atoms with Crippen molar-refractivity contribution in [2.75, 3.05) is 18.8 Å². The van der Waals surface area contributed by atoms with Crippen molar-refractivity contribution in [1.82, 2.24) is 24.9 Å². The molecule has 1 aliphatic rings. The molecular formula is C17H18N6O3S. The molecule has 0 radical (unpaired) electrons. The topological polar surface area (TPSA) is 127 Å². The number of likely N-dealkylation sites (tertiary alicyclic amines) is 1. The monoisotopic (exact) mass is 386 g/mol. The minimum Gasteiger partial charge on any atom is -0.476 e. The quantitative estimate of drug-likeness (QED) is 0.699. The normalized spacial score (nSPS) is 17.3. The maximum absolute atomic E-state index is 12.9. The number of carboxylic acid groups (broad SMARTS) is 1. The number of benzene rings is 1. The third kappa shape index (κ3) is 3.61. The molecule has 3 aromatic rings. The second-order valence-electron chi connectivity index (χ2n) is 6.63. The molecule has 1 fully saturated rings. The number of anilines is 1. The molecule has 1 aliphatic heterocycles. The van der Waals surface area contributed by atoms with Crippen LogP contribution in [0.25, 0.3) is 10.2 Å².